The van der Waals surface area contributed by atoms with Crippen molar-refractivity contribution in [1.29, 1.82) is 0 Å². The molecule has 1 aliphatic heterocycles. The van der Waals surface area contributed by atoms with Crippen molar-refractivity contribution < 1.29 is 28.6 Å². The molecule has 26 heavy (non-hydrogen) atoms. The summed E-state index contributed by atoms with van der Waals surface area (Å²) in [6.45, 7) is 1.59. The Hall–Kier alpha value is -1.87. The molecular weight excluding hydrogens is 378 g/mol. The Bertz CT molecular complexity index is 668. The van der Waals surface area contributed by atoms with Gasteiger partial charge in [-0.05, 0) is 12.1 Å². The summed E-state index contributed by atoms with van der Waals surface area (Å²) in [6, 6.07) is 6.52. The van der Waals surface area contributed by atoms with Crippen LogP contribution in [0.3, 0.4) is 0 Å². The average molecular weight is 399 g/mol. The summed E-state index contributed by atoms with van der Waals surface area (Å²) in [5, 5.41) is -0.509. The second-order valence-corrected chi connectivity index (χ2v) is 7.73. The van der Waals surface area contributed by atoms with E-state index in [0.717, 1.165) is 11.8 Å². The van der Waals surface area contributed by atoms with Gasteiger partial charge in [0.25, 0.3) is 0 Å². The SMILES string of the molecule is COC(=O)C1CSC(COc2ccccc2OC)N1C(=O)CSC(C)=O. The van der Waals surface area contributed by atoms with Crippen LogP contribution in [0.25, 0.3) is 0 Å². The maximum absolute atomic E-state index is 12.6. The molecule has 9 heteroatoms. The molecule has 1 fully saturated rings. The zero-order valence-corrected chi connectivity index (χ0v) is 16.4. The minimum absolute atomic E-state index is 0.0193. The number of benzene rings is 1. The lowest BCUT2D eigenvalue weighted by Crippen LogP contribution is -2.48. The minimum atomic E-state index is -0.684. The van der Waals surface area contributed by atoms with Crippen LogP contribution in [-0.2, 0) is 19.1 Å². The molecule has 1 aromatic carbocycles. The van der Waals surface area contributed by atoms with Crippen molar-refractivity contribution in [2.45, 2.75) is 18.3 Å². The lowest BCUT2D eigenvalue weighted by atomic mass is 10.2. The van der Waals surface area contributed by atoms with Gasteiger partial charge in [0.15, 0.2) is 16.6 Å². The minimum Gasteiger partial charge on any atom is -0.493 e. The summed E-state index contributed by atoms with van der Waals surface area (Å²) in [7, 11) is 2.84. The molecule has 2 unspecified atom stereocenters. The number of para-hydroxylation sites is 2. The van der Waals surface area contributed by atoms with Crippen LogP contribution in [0.4, 0.5) is 0 Å². The molecule has 0 radical (unpaired) electrons. The molecule has 2 atom stereocenters. The first-order valence-electron chi connectivity index (χ1n) is 7.87. The Labute approximate surface area is 160 Å². The van der Waals surface area contributed by atoms with Crippen LogP contribution in [0.2, 0.25) is 0 Å². The summed E-state index contributed by atoms with van der Waals surface area (Å²) >= 11 is 2.36. The Morgan fingerprint density at radius 1 is 1.23 bits per heavy atom. The second kappa shape index (κ2) is 9.72. The molecule has 1 aliphatic rings. The number of methoxy groups -OCH3 is 2. The van der Waals surface area contributed by atoms with E-state index in [0.29, 0.717) is 17.3 Å². The van der Waals surface area contributed by atoms with Gasteiger partial charge in [-0.1, -0.05) is 23.9 Å². The van der Waals surface area contributed by atoms with E-state index >= 15 is 0 Å². The number of rotatable bonds is 7. The van der Waals surface area contributed by atoms with Crippen LogP contribution in [0, 0.1) is 0 Å². The van der Waals surface area contributed by atoms with Crippen molar-refractivity contribution in [2.24, 2.45) is 0 Å². The summed E-state index contributed by atoms with van der Waals surface area (Å²) in [4.78, 5) is 37.2. The van der Waals surface area contributed by atoms with Gasteiger partial charge in [0.1, 0.15) is 18.0 Å². The Kier molecular flexibility index (Phi) is 7.65. The van der Waals surface area contributed by atoms with Gasteiger partial charge >= 0.3 is 5.97 Å². The molecule has 1 saturated heterocycles. The van der Waals surface area contributed by atoms with E-state index in [9.17, 15) is 14.4 Å². The van der Waals surface area contributed by atoms with E-state index in [1.165, 1.54) is 30.7 Å². The molecule has 7 nitrogen and oxygen atoms in total. The van der Waals surface area contributed by atoms with Crippen molar-refractivity contribution in [3.8, 4) is 11.5 Å². The summed E-state index contributed by atoms with van der Waals surface area (Å²) < 4.78 is 15.9. The van der Waals surface area contributed by atoms with Gasteiger partial charge in [0.2, 0.25) is 5.91 Å². The molecule has 0 aromatic heterocycles. The number of carbonyl (C=O) groups is 3. The largest absolute Gasteiger partial charge is 0.493 e. The third kappa shape index (κ3) is 5.07. The lowest BCUT2D eigenvalue weighted by Gasteiger charge is -2.28. The topological polar surface area (TPSA) is 82.1 Å². The van der Waals surface area contributed by atoms with Crippen molar-refractivity contribution in [1.82, 2.24) is 4.90 Å². The smallest absolute Gasteiger partial charge is 0.329 e. The highest BCUT2D eigenvalue weighted by molar-refractivity contribution is 8.14. The van der Waals surface area contributed by atoms with Crippen LogP contribution >= 0.6 is 23.5 Å². The fourth-order valence-electron chi connectivity index (χ4n) is 2.48. The Morgan fingerprint density at radius 3 is 2.54 bits per heavy atom. The molecule has 0 N–H and O–H groups in total. The standard InChI is InChI=1S/C17H21NO6S2/c1-11(19)25-10-15(20)18-12(17(21)23-3)9-26-16(18)8-24-14-7-5-4-6-13(14)22-2/h4-7,12,16H,8-10H2,1-3H3. The number of carbonyl (C=O) groups excluding carboxylic acids is 3. The van der Waals surface area contributed by atoms with Gasteiger partial charge in [-0.3, -0.25) is 9.59 Å². The fourth-order valence-corrected chi connectivity index (χ4v) is 4.25. The van der Waals surface area contributed by atoms with E-state index in [1.54, 1.807) is 19.2 Å². The van der Waals surface area contributed by atoms with Crippen molar-refractivity contribution >= 4 is 40.5 Å². The predicted molar refractivity (Wildman–Crippen MR) is 101 cm³/mol. The first kappa shape index (κ1) is 20.4. The molecule has 0 aliphatic carbocycles. The van der Waals surface area contributed by atoms with E-state index < -0.39 is 12.0 Å². The first-order valence-corrected chi connectivity index (χ1v) is 9.91. The fraction of sp³-hybridized carbons (Fsp3) is 0.471. The molecule has 2 rings (SSSR count). The molecule has 142 valence electrons. The highest BCUT2D eigenvalue weighted by Gasteiger charge is 2.42. The van der Waals surface area contributed by atoms with E-state index in [2.05, 4.69) is 0 Å². The van der Waals surface area contributed by atoms with Crippen LogP contribution in [0.5, 0.6) is 11.5 Å². The van der Waals surface area contributed by atoms with Gasteiger partial charge in [0, 0.05) is 12.7 Å². The van der Waals surface area contributed by atoms with Gasteiger partial charge in [0.05, 0.1) is 20.0 Å². The van der Waals surface area contributed by atoms with Gasteiger partial charge in [-0.25, -0.2) is 4.79 Å². The maximum atomic E-state index is 12.6. The number of amides is 1. The highest BCUT2D eigenvalue weighted by atomic mass is 32.2. The van der Waals surface area contributed by atoms with E-state index in [1.807, 2.05) is 12.1 Å². The maximum Gasteiger partial charge on any atom is 0.329 e. The van der Waals surface area contributed by atoms with Crippen molar-refractivity contribution in [2.75, 3.05) is 32.3 Å². The summed E-state index contributed by atoms with van der Waals surface area (Å²) in [6.07, 6.45) is 0. The average Bonchev–Trinajstić information content (AvgIpc) is 3.07. The summed E-state index contributed by atoms with van der Waals surface area (Å²) in [5.41, 5.74) is 0. The lowest BCUT2D eigenvalue weighted by molar-refractivity contribution is -0.151. The molecule has 1 amide bonds. The monoisotopic (exact) mass is 399 g/mol. The molecule has 0 saturated carbocycles. The van der Waals surface area contributed by atoms with Gasteiger partial charge < -0.3 is 19.1 Å². The Balaban J connectivity index is 2.10. The number of ether oxygens (including phenoxy) is 3. The number of nitrogens with zero attached hydrogens (tertiary/aromatic N) is 1. The number of hydrogen-bond donors (Lipinski definition) is 0. The van der Waals surface area contributed by atoms with Crippen LogP contribution < -0.4 is 9.47 Å². The molecule has 1 heterocycles. The third-order valence-electron chi connectivity index (χ3n) is 3.70. The van der Waals surface area contributed by atoms with E-state index in [-0.39, 0.29) is 28.8 Å². The van der Waals surface area contributed by atoms with E-state index in [4.69, 9.17) is 14.2 Å². The molecular formula is C17H21NO6S2. The number of thioether (sulfide) groups is 2. The number of esters is 1. The molecule has 1 aromatic rings. The molecule has 0 bridgehead atoms. The first-order chi connectivity index (χ1) is 12.5. The summed E-state index contributed by atoms with van der Waals surface area (Å²) in [5.74, 6) is 0.780. The number of hydrogen-bond acceptors (Lipinski definition) is 8. The van der Waals surface area contributed by atoms with Crippen molar-refractivity contribution in [3.05, 3.63) is 24.3 Å². The van der Waals surface area contributed by atoms with Crippen molar-refractivity contribution in [3.63, 3.8) is 0 Å². The van der Waals surface area contributed by atoms with Crippen LogP contribution in [0.1, 0.15) is 6.92 Å². The van der Waals surface area contributed by atoms with Gasteiger partial charge in [-0.15, -0.1) is 11.8 Å². The third-order valence-corrected chi connectivity index (χ3v) is 5.76. The van der Waals surface area contributed by atoms with Crippen LogP contribution in [0.15, 0.2) is 24.3 Å². The molecule has 0 spiro atoms. The van der Waals surface area contributed by atoms with Crippen LogP contribution in [-0.4, -0.2) is 65.6 Å². The predicted octanol–water partition coefficient (Wildman–Crippen LogP) is 1.80. The highest BCUT2D eigenvalue weighted by Crippen LogP contribution is 2.33. The zero-order chi connectivity index (χ0) is 19.1. The Morgan fingerprint density at radius 2 is 1.92 bits per heavy atom. The van der Waals surface area contributed by atoms with Gasteiger partial charge in [-0.2, -0.15) is 0 Å². The second-order valence-electron chi connectivity index (χ2n) is 5.37. The quantitative estimate of drug-likeness (QED) is 0.642. The normalized spacial score (nSPS) is 19.1. The zero-order valence-electron chi connectivity index (χ0n) is 14.8.